The fourth-order valence-corrected chi connectivity index (χ4v) is 6.97. The van der Waals surface area contributed by atoms with Crippen LogP contribution in [0.2, 0.25) is 0 Å². The van der Waals surface area contributed by atoms with Gasteiger partial charge in [0, 0.05) is 39.1 Å². The quantitative estimate of drug-likeness (QED) is 0.608. The zero-order chi connectivity index (χ0) is 23.8. The van der Waals surface area contributed by atoms with Crippen molar-refractivity contribution in [3.8, 4) is 5.75 Å². The van der Waals surface area contributed by atoms with Gasteiger partial charge in [-0.2, -0.15) is 8.61 Å². The van der Waals surface area contributed by atoms with E-state index >= 15 is 0 Å². The number of rotatable bonds is 6. The van der Waals surface area contributed by atoms with Crippen LogP contribution in [-0.2, 0) is 24.8 Å². The van der Waals surface area contributed by atoms with E-state index in [4.69, 9.17) is 4.74 Å². The van der Waals surface area contributed by atoms with E-state index < -0.39 is 20.0 Å². The van der Waals surface area contributed by atoms with Crippen molar-refractivity contribution < 1.29 is 26.4 Å². The number of hydrogen-bond donors (Lipinski definition) is 0. The minimum atomic E-state index is -3.88. The van der Waals surface area contributed by atoms with Gasteiger partial charge in [-0.3, -0.25) is 4.79 Å². The number of ether oxygens (including phenoxy) is 1. The molecule has 0 bridgehead atoms. The van der Waals surface area contributed by atoms with Crippen molar-refractivity contribution in [3.63, 3.8) is 0 Å². The van der Waals surface area contributed by atoms with Crippen molar-refractivity contribution in [2.75, 3.05) is 44.7 Å². The first-order valence-electron chi connectivity index (χ1n) is 10.7. The summed E-state index contributed by atoms with van der Waals surface area (Å²) in [6.07, 6.45) is 1.12. The monoisotopic (exact) mass is 493 g/mol. The number of piperazine rings is 1. The number of sulfonamides is 2. The van der Waals surface area contributed by atoms with E-state index in [-0.39, 0.29) is 41.9 Å². The fraction of sp³-hybridized carbons (Fsp3) is 0.409. The molecule has 9 nitrogen and oxygen atoms in total. The molecule has 0 aliphatic carbocycles. The van der Waals surface area contributed by atoms with Crippen molar-refractivity contribution in [2.45, 2.75) is 29.6 Å². The molecule has 178 valence electrons. The van der Waals surface area contributed by atoms with Crippen LogP contribution < -0.4 is 9.64 Å². The van der Waals surface area contributed by atoms with Crippen LogP contribution in [0.25, 0.3) is 0 Å². The smallest absolute Gasteiger partial charge is 0.243 e. The summed E-state index contributed by atoms with van der Waals surface area (Å²) < 4.78 is 60.4. The number of hydrogen-bond acceptors (Lipinski definition) is 6. The standard InChI is InChI=1S/C22H27N3O6S2/c1-17-5-7-18(8-6-17)32(27,28)23-12-14-24(15-13-23)33(29,30)19-9-10-21(31-2)20(16-19)25-11-3-4-22(25)26/h5-10,16H,3-4,11-15H2,1-2H3. The zero-order valence-electron chi connectivity index (χ0n) is 18.6. The van der Waals surface area contributed by atoms with Crippen LogP contribution in [0, 0.1) is 6.92 Å². The summed E-state index contributed by atoms with van der Waals surface area (Å²) in [5.74, 6) is 0.357. The molecule has 2 aliphatic rings. The Bertz CT molecular complexity index is 1250. The van der Waals surface area contributed by atoms with Gasteiger partial charge in [-0.15, -0.1) is 0 Å². The summed E-state index contributed by atoms with van der Waals surface area (Å²) in [5.41, 5.74) is 1.39. The molecular formula is C22H27N3O6S2. The molecule has 0 radical (unpaired) electrons. The normalized spacial score (nSPS) is 18.6. The maximum Gasteiger partial charge on any atom is 0.243 e. The van der Waals surface area contributed by atoms with Crippen molar-refractivity contribution in [2.24, 2.45) is 0 Å². The Kier molecular flexibility index (Phi) is 6.50. The van der Waals surface area contributed by atoms with Crippen LogP contribution in [0.15, 0.2) is 52.3 Å². The highest BCUT2D eigenvalue weighted by atomic mass is 32.2. The summed E-state index contributed by atoms with van der Waals surface area (Å²) >= 11 is 0. The van der Waals surface area contributed by atoms with Crippen LogP contribution in [0.3, 0.4) is 0 Å². The lowest BCUT2D eigenvalue weighted by Crippen LogP contribution is -2.50. The van der Waals surface area contributed by atoms with Gasteiger partial charge in [0.05, 0.1) is 22.6 Å². The van der Waals surface area contributed by atoms with E-state index in [9.17, 15) is 21.6 Å². The molecule has 11 heteroatoms. The number of methoxy groups -OCH3 is 1. The molecule has 4 rings (SSSR count). The van der Waals surface area contributed by atoms with Gasteiger partial charge < -0.3 is 9.64 Å². The molecule has 0 aromatic heterocycles. The lowest BCUT2D eigenvalue weighted by Gasteiger charge is -2.33. The van der Waals surface area contributed by atoms with Gasteiger partial charge in [0.2, 0.25) is 26.0 Å². The largest absolute Gasteiger partial charge is 0.495 e. The van der Waals surface area contributed by atoms with Crippen molar-refractivity contribution in [1.29, 1.82) is 0 Å². The second-order valence-electron chi connectivity index (χ2n) is 8.10. The Hall–Kier alpha value is -2.47. The van der Waals surface area contributed by atoms with Crippen molar-refractivity contribution in [1.82, 2.24) is 8.61 Å². The van der Waals surface area contributed by atoms with Crippen LogP contribution in [0.5, 0.6) is 5.75 Å². The van der Waals surface area contributed by atoms with Gasteiger partial charge in [0.15, 0.2) is 0 Å². The molecule has 33 heavy (non-hydrogen) atoms. The van der Waals surface area contributed by atoms with E-state index in [0.29, 0.717) is 30.8 Å². The number of nitrogens with zero attached hydrogens (tertiary/aromatic N) is 3. The lowest BCUT2D eigenvalue weighted by molar-refractivity contribution is -0.117. The Labute approximate surface area is 194 Å². The first kappa shape index (κ1) is 23.7. The summed E-state index contributed by atoms with van der Waals surface area (Å²) in [4.78, 5) is 14.0. The van der Waals surface area contributed by atoms with Crippen LogP contribution in [-0.4, -0.2) is 71.2 Å². The van der Waals surface area contributed by atoms with Gasteiger partial charge in [-0.05, 0) is 43.7 Å². The highest BCUT2D eigenvalue weighted by Gasteiger charge is 2.35. The highest BCUT2D eigenvalue weighted by Crippen LogP contribution is 2.34. The number of benzene rings is 2. The molecular weight excluding hydrogens is 466 g/mol. The Balaban J connectivity index is 1.54. The first-order valence-corrected chi connectivity index (χ1v) is 13.6. The topological polar surface area (TPSA) is 104 Å². The third-order valence-electron chi connectivity index (χ3n) is 6.01. The molecule has 0 N–H and O–H groups in total. The molecule has 0 saturated carbocycles. The maximum absolute atomic E-state index is 13.3. The van der Waals surface area contributed by atoms with Crippen molar-refractivity contribution in [3.05, 3.63) is 48.0 Å². The average Bonchev–Trinajstić information content (AvgIpc) is 3.24. The molecule has 0 atom stereocenters. The molecule has 2 saturated heterocycles. The van der Waals surface area contributed by atoms with Gasteiger partial charge in [-0.1, -0.05) is 17.7 Å². The zero-order valence-corrected chi connectivity index (χ0v) is 20.2. The van der Waals surface area contributed by atoms with E-state index in [1.54, 1.807) is 35.2 Å². The number of carbonyl (C=O) groups excluding carboxylic acids is 1. The van der Waals surface area contributed by atoms with Crippen LogP contribution >= 0.6 is 0 Å². The summed E-state index contributed by atoms with van der Waals surface area (Å²) in [5, 5.41) is 0. The van der Waals surface area contributed by atoms with E-state index in [1.165, 1.54) is 27.9 Å². The van der Waals surface area contributed by atoms with Crippen LogP contribution in [0.1, 0.15) is 18.4 Å². The van der Waals surface area contributed by atoms with Gasteiger partial charge in [0.25, 0.3) is 0 Å². The Morgan fingerprint density at radius 1 is 0.788 bits per heavy atom. The molecule has 2 aromatic carbocycles. The second kappa shape index (κ2) is 9.05. The Morgan fingerprint density at radius 3 is 1.85 bits per heavy atom. The average molecular weight is 494 g/mol. The summed E-state index contributed by atoms with van der Waals surface area (Å²) in [6, 6.07) is 11.1. The first-order chi connectivity index (χ1) is 15.6. The second-order valence-corrected chi connectivity index (χ2v) is 12.0. The maximum atomic E-state index is 13.3. The molecule has 1 amide bonds. The Morgan fingerprint density at radius 2 is 1.33 bits per heavy atom. The molecule has 0 unspecified atom stereocenters. The highest BCUT2D eigenvalue weighted by molar-refractivity contribution is 7.89. The molecule has 2 heterocycles. The summed E-state index contributed by atoms with van der Waals surface area (Å²) in [7, 11) is -6.10. The third kappa shape index (κ3) is 4.50. The predicted molar refractivity (Wildman–Crippen MR) is 123 cm³/mol. The van der Waals surface area contributed by atoms with E-state index in [2.05, 4.69) is 0 Å². The van der Waals surface area contributed by atoms with E-state index in [0.717, 1.165) is 5.56 Å². The molecule has 2 aliphatic heterocycles. The molecule has 2 fully saturated rings. The number of anilines is 1. The van der Waals surface area contributed by atoms with Gasteiger partial charge in [0.1, 0.15) is 5.75 Å². The van der Waals surface area contributed by atoms with Crippen molar-refractivity contribution >= 4 is 31.6 Å². The third-order valence-corrected chi connectivity index (χ3v) is 9.82. The van der Waals surface area contributed by atoms with Gasteiger partial charge in [-0.25, -0.2) is 16.8 Å². The van der Waals surface area contributed by atoms with Gasteiger partial charge >= 0.3 is 0 Å². The summed E-state index contributed by atoms with van der Waals surface area (Å²) in [6.45, 7) is 2.58. The predicted octanol–water partition coefficient (Wildman–Crippen LogP) is 1.83. The lowest BCUT2D eigenvalue weighted by atomic mass is 10.2. The molecule has 2 aromatic rings. The molecule has 0 spiro atoms. The number of aryl methyl sites for hydroxylation is 1. The SMILES string of the molecule is COc1ccc(S(=O)(=O)N2CCN(S(=O)(=O)c3ccc(C)cc3)CC2)cc1N1CCCC1=O. The fourth-order valence-electron chi connectivity index (χ4n) is 4.10. The minimum Gasteiger partial charge on any atom is -0.495 e. The minimum absolute atomic E-state index is 0.0391. The number of carbonyl (C=O) groups is 1. The van der Waals surface area contributed by atoms with Crippen LogP contribution in [0.4, 0.5) is 5.69 Å². The number of amides is 1. The van der Waals surface area contributed by atoms with E-state index in [1.807, 2.05) is 6.92 Å².